The van der Waals surface area contributed by atoms with Gasteiger partial charge < -0.3 is 10.6 Å². The van der Waals surface area contributed by atoms with Crippen molar-refractivity contribution in [2.75, 3.05) is 26.2 Å². The number of carbonyl (C=O) groups is 1. The molecule has 1 saturated heterocycles. The minimum atomic E-state index is 0.0616. The van der Waals surface area contributed by atoms with E-state index < -0.39 is 0 Å². The summed E-state index contributed by atoms with van der Waals surface area (Å²) in [6.45, 7) is 7.77. The van der Waals surface area contributed by atoms with Crippen molar-refractivity contribution in [3.63, 3.8) is 0 Å². The topological polar surface area (TPSA) is 49.6 Å². The summed E-state index contributed by atoms with van der Waals surface area (Å²) in [4.78, 5) is 17.1. The van der Waals surface area contributed by atoms with E-state index >= 15 is 0 Å². The van der Waals surface area contributed by atoms with Crippen LogP contribution in [0.2, 0.25) is 0 Å². The Hall–Kier alpha value is -1.46. The van der Waals surface area contributed by atoms with Crippen LogP contribution < -0.4 is 5.73 Å². The van der Waals surface area contributed by atoms with Gasteiger partial charge in [0.1, 0.15) is 4.99 Å². The first-order valence-electron chi connectivity index (χ1n) is 6.92. The van der Waals surface area contributed by atoms with Gasteiger partial charge in [0.2, 0.25) is 0 Å². The molecule has 108 valence electrons. The molecule has 1 aromatic carbocycles. The summed E-state index contributed by atoms with van der Waals surface area (Å²) in [5.41, 5.74) is 7.02. The van der Waals surface area contributed by atoms with Crippen LogP contribution in [0.25, 0.3) is 0 Å². The maximum atomic E-state index is 12.5. The monoisotopic (exact) mass is 291 g/mol. The fourth-order valence-electron chi connectivity index (χ4n) is 2.43. The predicted octanol–water partition coefficient (Wildman–Crippen LogP) is 1.49. The molecule has 0 bridgehead atoms. The Morgan fingerprint density at radius 1 is 1.20 bits per heavy atom. The van der Waals surface area contributed by atoms with Crippen molar-refractivity contribution in [1.29, 1.82) is 0 Å². The van der Waals surface area contributed by atoms with Gasteiger partial charge in [0, 0.05) is 43.3 Å². The number of benzene rings is 1. The van der Waals surface area contributed by atoms with Crippen LogP contribution in [0.1, 0.15) is 29.8 Å². The molecule has 1 fully saturated rings. The zero-order valence-corrected chi connectivity index (χ0v) is 12.8. The summed E-state index contributed by atoms with van der Waals surface area (Å²) in [6.07, 6.45) is 0. The Bertz CT molecular complexity index is 508. The van der Waals surface area contributed by atoms with Gasteiger partial charge in [-0.3, -0.25) is 9.69 Å². The Morgan fingerprint density at radius 3 is 2.35 bits per heavy atom. The van der Waals surface area contributed by atoms with Gasteiger partial charge in [-0.1, -0.05) is 24.4 Å². The highest BCUT2D eigenvalue weighted by Crippen LogP contribution is 2.12. The molecule has 2 rings (SSSR count). The highest BCUT2D eigenvalue weighted by molar-refractivity contribution is 7.80. The van der Waals surface area contributed by atoms with Crippen LogP contribution in [0.3, 0.4) is 0 Å². The van der Waals surface area contributed by atoms with Gasteiger partial charge in [-0.25, -0.2) is 0 Å². The van der Waals surface area contributed by atoms with Crippen LogP contribution in [0.15, 0.2) is 24.3 Å². The first kappa shape index (κ1) is 14.9. The first-order chi connectivity index (χ1) is 9.49. The minimum absolute atomic E-state index is 0.0616. The van der Waals surface area contributed by atoms with Crippen molar-refractivity contribution in [3.8, 4) is 0 Å². The van der Waals surface area contributed by atoms with E-state index in [2.05, 4.69) is 18.7 Å². The van der Waals surface area contributed by atoms with Gasteiger partial charge >= 0.3 is 0 Å². The van der Waals surface area contributed by atoms with Crippen molar-refractivity contribution in [2.45, 2.75) is 19.9 Å². The average molecular weight is 291 g/mol. The zero-order valence-electron chi connectivity index (χ0n) is 12.0. The van der Waals surface area contributed by atoms with E-state index in [9.17, 15) is 4.79 Å². The van der Waals surface area contributed by atoms with E-state index in [0.29, 0.717) is 16.6 Å². The molecule has 1 heterocycles. The van der Waals surface area contributed by atoms with Crippen molar-refractivity contribution >= 4 is 23.1 Å². The second-order valence-electron chi connectivity index (χ2n) is 5.37. The number of nitrogens with two attached hydrogens (primary N) is 1. The highest BCUT2D eigenvalue weighted by atomic mass is 32.1. The lowest BCUT2D eigenvalue weighted by Gasteiger charge is -2.37. The molecule has 4 nitrogen and oxygen atoms in total. The quantitative estimate of drug-likeness (QED) is 0.857. The molecule has 1 aliphatic heterocycles. The van der Waals surface area contributed by atoms with Gasteiger partial charge in [0.15, 0.2) is 0 Å². The summed E-state index contributed by atoms with van der Waals surface area (Å²) in [5, 5.41) is 0. The Morgan fingerprint density at radius 2 is 1.80 bits per heavy atom. The third-order valence-electron chi connectivity index (χ3n) is 3.73. The number of rotatable bonds is 3. The third-order valence-corrected chi connectivity index (χ3v) is 3.96. The minimum Gasteiger partial charge on any atom is -0.389 e. The second kappa shape index (κ2) is 6.33. The molecule has 0 unspecified atom stereocenters. The van der Waals surface area contributed by atoms with Crippen LogP contribution in [0, 0.1) is 0 Å². The third kappa shape index (κ3) is 3.35. The molecule has 0 aliphatic carbocycles. The molecule has 0 aromatic heterocycles. The van der Waals surface area contributed by atoms with Crippen LogP contribution in [0.4, 0.5) is 0 Å². The molecular weight excluding hydrogens is 270 g/mol. The molecule has 1 amide bonds. The van der Waals surface area contributed by atoms with Crippen molar-refractivity contribution < 1.29 is 4.79 Å². The van der Waals surface area contributed by atoms with E-state index in [1.807, 2.05) is 23.1 Å². The molecule has 0 atom stereocenters. The van der Waals surface area contributed by atoms with E-state index in [1.165, 1.54) is 0 Å². The summed E-state index contributed by atoms with van der Waals surface area (Å²) in [7, 11) is 0. The molecule has 0 spiro atoms. The van der Waals surface area contributed by atoms with Gasteiger partial charge in [-0.05, 0) is 26.0 Å². The van der Waals surface area contributed by atoms with Gasteiger partial charge in [-0.15, -0.1) is 0 Å². The van der Waals surface area contributed by atoms with Crippen molar-refractivity contribution in [1.82, 2.24) is 9.80 Å². The van der Waals surface area contributed by atoms with Crippen molar-refractivity contribution in [2.24, 2.45) is 5.73 Å². The molecule has 20 heavy (non-hydrogen) atoms. The normalized spacial score (nSPS) is 16.4. The summed E-state index contributed by atoms with van der Waals surface area (Å²) in [6, 6.07) is 7.78. The lowest BCUT2D eigenvalue weighted by molar-refractivity contribution is 0.0595. The summed E-state index contributed by atoms with van der Waals surface area (Å²) in [5.74, 6) is 0.0616. The SMILES string of the molecule is CC(C)N1CCN(C(=O)c2cccc(C(N)=S)c2)CC1. The van der Waals surface area contributed by atoms with E-state index in [-0.39, 0.29) is 5.91 Å². The maximum Gasteiger partial charge on any atom is 0.253 e. The van der Waals surface area contributed by atoms with Crippen molar-refractivity contribution in [3.05, 3.63) is 35.4 Å². The lowest BCUT2D eigenvalue weighted by Crippen LogP contribution is -2.50. The lowest BCUT2D eigenvalue weighted by atomic mass is 10.1. The van der Waals surface area contributed by atoms with Gasteiger partial charge in [0.25, 0.3) is 5.91 Å². The molecule has 1 aliphatic rings. The highest BCUT2D eigenvalue weighted by Gasteiger charge is 2.23. The number of carbonyl (C=O) groups excluding carboxylic acids is 1. The Labute approximate surface area is 125 Å². The Kier molecular flexibility index (Phi) is 4.73. The molecule has 0 radical (unpaired) electrons. The van der Waals surface area contributed by atoms with Crippen LogP contribution >= 0.6 is 12.2 Å². The standard InChI is InChI=1S/C15H21N3OS/c1-11(2)17-6-8-18(9-7-17)15(19)13-5-3-4-12(10-13)14(16)20/h3-5,10-11H,6-9H2,1-2H3,(H2,16,20). The van der Waals surface area contributed by atoms with Gasteiger partial charge in [0.05, 0.1) is 0 Å². The molecule has 0 saturated carbocycles. The molecule has 2 N–H and O–H groups in total. The average Bonchev–Trinajstić information content (AvgIpc) is 2.46. The van der Waals surface area contributed by atoms with Crippen LogP contribution in [-0.4, -0.2) is 52.9 Å². The van der Waals surface area contributed by atoms with Crippen LogP contribution in [0.5, 0.6) is 0 Å². The fourth-order valence-corrected chi connectivity index (χ4v) is 2.56. The number of piperazine rings is 1. The van der Waals surface area contributed by atoms with Gasteiger partial charge in [-0.2, -0.15) is 0 Å². The molecule has 5 heteroatoms. The Balaban J connectivity index is 2.05. The van der Waals surface area contributed by atoms with E-state index in [4.69, 9.17) is 18.0 Å². The zero-order chi connectivity index (χ0) is 14.7. The number of nitrogens with zero attached hydrogens (tertiary/aromatic N) is 2. The number of hydrogen-bond donors (Lipinski definition) is 1. The summed E-state index contributed by atoms with van der Waals surface area (Å²) >= 11 is 4.95. The number of hydrogen-bond acceptors (Lipinski definition) is 3. The fraction of sp³-hybridized carbons (Fsp3) is 0.467. The van der Waals surface area contributed by atoms with E-state index in [0.717, 1.165) is 31.7 Å². The summed E-state index contributed by atoms with van der Waals surface area (Å²) < 4.78 is 0. The first-order valence-corrected chi connectivity index (χ1v) is 7.33. The number of amides is 1. The van der Waals surface area contributed by atoms with Crippen LogP contribution in [-0.2, 0) is 0 Å². The predicted molar refractivity (Wildman–Crippen MR) is 84.9 cm³/mol. The molecule has 1 aromatic rings. The second-order valence-corrected chi connectivity index (χ2v) is 5.81. The molecular formula is C15H21N3OS. The van der Waals surface area contributed by atoms with E-state index in [1.54, 1.807) is 6.07 Å². The maximum absolute atomic E-state index is 12.5. The number of thiocarbonyl (C=S) groups is 1. The largest absolute Gasteiger partial charge is 0.389 e. The smallest absolute Gasteiger partial charge is 0.253 e.